The molecule has 2 atom stereocenters. The number of likely N-dealkylation sites (tertiary alicyclic amines) is 2. The second-order valence-corrected chi connectivity index (χ2v) is 10.8. The van der Waals surface area contributed by atoms with Crippen LogP contribution in [0, 0.1) is 11.8 Å². The number of nitrogens with zero attached hydrogens (tertiary/aromatic N) is 2. The highest BCUT2D eigenvalue weighted by atomic mass is 35.5. The summed E-state index contributed by atoms with van der Waals surface area (Å²) < 4.78 is 11.1. The van der Waals surface area contributed by atoms with Gasteiger partial charge >= 0.3 is 0 Å². The average molecular weight is 511 g/mol. The molecule has 0 aliphatic carbocycles. The Morgan fingerprint density at radius 1 is 1.24 bits per heavy atom. The summed E-state index contributed by atoms with van der Waals surface area (Å²) in [4.78, 5) is 19.0. The van der Waals surface area contributed by atoms with Gasteiger partial charge in [0.25, 0.3) is 5.91 Å². The minimum absolute atomic E-state index is 0.0772. The van der Waals surface area contributed by atoms with Gasteiger partial charge in [0.2, 0.25) is 0 Å². The summed E-state index contributed by atoms with van der Waals surface area (Å²) in [5, 5.41) is 3.46. The van der Waals surface area contributed by atoms with Gasteiger partial charge in [0.1, 0.15) is 5.75 Å². The largest absolute Gasteiger partial charge is 0.496 e. The number of ether oxygens (including phenoxy) is 2. The Kier molecular flexibility index (Phi) is 9.83. The quantitative estimate of drug-likeness (QED) is 0.406. The summed E-state index contributed by atoms with van der Waals surface area (Å²) in [6.07, 6.45) is 4.09. The number of halogens is 1. The molecule has 1 amide bonds. The number of methoxy groups -OCH3 is 2. The van der Waals surface area contributed by atoms with E-state index >= 15 is 0 Å². The maximum atomic E-state index is 13.0. The highest BCUT2D eigenvalue weighted by Gasteiger charge is 2.33. The molecule has 3 rings (SSSR count). The molecular formula is C25H39ClN4O3S. The number of rotatable bonds is 8. The number of hydrogen-bond acceptors (Lipinski definition) is 6. The van der Waals surface area contributed by atoms with Crippen molar-refractivity contribution in [3.63, 3.8) is 0 Å². The van der Waals surface area contributed by atoms with Crippen LogP contribution in [0.2, 0.25) is 5.02 Å². The summed E-state index contributed by atoms with van der Waals surface area (Å²) in [6, 6.07) is 3.06. The third-order valence-electron chi connectivity index (χ3n) is 6.89. The van der Waals surface area contributed by atoms with Gasteiger partial charge in [0.05, 0.1) is 40.5 Å². The number of anilines is 1. The first-order chi connectivity index (χ1) is 16.2. The highest BCUT2D eigenvalue weighted by Crippen LogP contribution is 2.29. The normalized spacial score (nSPS) is 22.1. The third kappa shape index (κ3) is 6.97. The van der Waals surface area contributed by atoms with Crippen LogP contribution in [-0.4, -0.2) is 79.8 Å². The maximum absolute atomic E-state index is 13.0. The zero-order valence-corrected chi connectivity index (χ0v) is 22.4. The van der Waals surface area contributed by atoms with Gasteiger partial charge in [0.15, 0.2) is 0 Å². The molecule has 7 nitrogen and oxygen atoms in total. The lowest BCUT2D eigenvalue weighted by Gasteiger charge is -2.41. The Bertz CT molecular complexity index is 861. The van der Waals surface area contributed by atoms with Crippen molar-refractivity contribution in [3.8, 4) is 5.75 Å². The molecule has 1 aromatic rings. The topological polar surface area (TPSA) is 80.1 Å². The van der Waals surface area contributed by atoms with Crippen LogP contribution >= 0.6 is 23.8 Å². The van der Waals surface area contributed by atoms with E-state index < -0.39 is 0 Å². The van der Waals surface area contributed by atoms with Crippen molar-refractivity contribution in [1.82, 2.24) is 15.1 Å². The number of carbonyl (C=O) groups excluding carboxylic acids is 1. The predicted octanol–water partition coefficient (Wildman–Crippen LogP) is 3.84. The molecule has 9 heteroatoms. The van der Waals surface area contributed by atoms with Crippen molar-refractivity contribution >= 4 is 40.4 Å². The van der Waals surface area contributed by atoms with Gasteiger partial charge in [-0.05, 0) is 37.2 Å². The monoisotopic (exact) mass is 510 g/mol. The molecule has 34 heavy (non-hydrogen) atoms. The fourth-order valence-corrected chi connectivity index (χ4v) is 5.60. The summed E-state index contributed by atoms with van der Waals surface area (Å²) >= 11 is 11.8. The number of nitrogens with one attached hydrogen (secondary N) is 1. The first-order valence-corrected chi connectivity index (χ1v) is 13.0. The highest BCUT2D eigenvalue weighted by molar-refractivity contribution is 7.80. The smallest absolute Gasteiger partial charge is 0.255 e. The predicted molar refractivity (Wildman–Crippen MR) is 142 cm³/mol. The number of hydrogen-bond donors (Lipinski definition) is 2. The zero-order valence-electron chi connectivity index (χ0n) is 20.8. The van der Waals surface area contributed by atoms with E-state index in [2.05, 4.69) is 29.0 Å². The number of carbonyl (C=O) groups is 1. The van der Waals surface area contributed by atoms with Crippen molar-refractivity contribution in [2.24, 2.45) is 11.8 Å². The lowest BCUT2D eigenvalue weighted by Crippen LogP contribution is -2.55. The molecule has 3 N–H and O–H groups in total. The minimum atomic E-state index is -0.232. The van der Waals surface area contributed by atoms with Gasteiger partial charge in [0, 0.05) is 52.3 Å². The summed E-state index contributed by atoms with van der Waals surface area (Å²) in [7, 11) is 3.22. The second kappa shape index (κ2) is 12.4. The van der Waals surface area contributed by atoms with Crippen molar-refractivity contribution in [2.45, 2.75) is 51.7 Å². The van der Waals surface area contributed by atoms with Crippen molar-refractivity contribution in [2.75, 3.05) is 52.7 Å². The van der Waals surface area contributed by atoms with Crippen LogP contribution in [-0.2, 0) is 4.74 Å². The number of nitrogens with two attached hydrogens (primary N) is 1. The number of thiocarbonyl (C=S) groups is 1. The zero-order chi connectivity index (χ0) is 24.8. The molecule has 1 aromatic carbocycles. The van der Waals surface area contributed by atoms with Crippen LogP contribution in [0.25, 0.3) is 0 Å². The van der Waals surface area contributed by atoms with E-state index in [0.29, 0.717) is 33.9 Å². The third-order valence-corrected chi connectivity index (χ3v) is 7.64. The van der Waals surface area contributed by atoms with E-state index in [9.17, 15) is 4.79 Å². The molecule has 0 unspecified atom stereocenters. The SMILES string of the molecule is COc1cc(N)c(Cl)cc1C(=O)N[C@H]1CCN(CC2CCN(C(=S)CC(C)C)CC2)C[C@H]1OC. The molecule has 2 aliphatic rings. The molecule has 0 aromatic heterocycles. The van der Waals surface area contributed by atoms with Gasteiger partial charge in [-0.2, -0.15) is 0 Å². The van der Waals surface area contributed by atoms with Crippen molar-refractivity contribution in [3.05, 3.63) is 22.7 Å². The molecule has 2 saturated heterocycles. The van der Waals surface area contributed by atoms with Crippen LogP contribution in [0.3, 0.4) is 0 Å². The number of piperidine rings is 2. The summed E-state index contributed by atoms with van der Waals surface area (Å²) in [5.74, 6) is 1.45. The Morgan fingerprint density at radius 3 is 2.56 bits per heavy atom. The van der Waals surface area contributed by atoms with E-state index in [1.807, 2.05) is 0 Å². The summed E-state index contributed by atoms with van der Waals surface area (Å²) in [6.45, 7) is 9.35. The Hall–Kier alpha value is -1.61. The van der Waals surface area contributed by atoms with E-state index in [1.54, 1.807) is 19.2 Å². The van der Waals surface area contributed by atoms with E-state index in [0.717, 1.165) is 50.6 Å². The lowest BCUT2D eigenvalue weighted by atomic mass is 9.93. The average Bonchev–Trinajstić information content (AvgIpc) is 2.81. The minimum Gasteiger partial charge on any atom is -0.496 e. The fourth-order valence-electron chi connectivity index (χ4n) is 4.92. The lowest BCUT2D eigenvalue weighted by molar-refractivity contribution is -0.000291. The number of amides is 1. The molecule has 0 spiro atoms. The van der Waals surface area contributed by atoms with Crippen LogP contribution in [0.4, 0.5) is 5.69 Å². The van der Waals surface area contributed by atoms with Gasteiger partial charge in [-0.15, -0.1) is 0 Å². The van der Waals surface area contributed by atoms with Crippen molar-refractivity contribution < 1.29 is 14.3 Å². The van der Waals surface area contributed by atoms with E-state index in [4.69, 9.17) is 39.0 Å². The Labute approximate surface area is 214 Å². The van der Waals surface area contributed by atoms with E-state index in [-0.39, 0.29) is 18.1 Å². The fraction of sp³-hybridized carbons (Fsp3) is 0.680. The maximum Gasteiger partial charge on any atom is 0.255 e. The number of benzene rings is 1. The Morgan fingerprint density at radius 2 is 1.94 bits per heavy atom. The van der Waals surface area contributed by atoms with Crippen molar-refractivity contribution in [1.29, 1.82) is 0 Å². The van der Waals surface area contributed by atoms with Crippen LogP contribution in [0.15, 0.2) is 12.1 Å². The standard InChI is InChI=1S/C25H39ClN4O3S/c1-16(2)11-24(34)30-9-5-17(6-10-30)14-29-8-7-21(23(15-29)33-4)28-25(31)18-12-19(26)20(27)13-22(18)32-3/h12-13,16-17,21,23H,5-11,14-15,27H2,1-4H3,(H,28,31)/t21-,23+/m0/s1. The second-order valence-electron chi connectivity index (χ2n) is 9.90. The molecule has 0 saturated carbocycles. The van der Waals surface area contributed by atoms with Gasteiger partial charge in [-0.1, -0.05) is 37.7 Å². The van der Waals surface area contributed by atoms with Gasteiger partial charge in [-0.3, -0.25) is 4.79 Å². The molecule has 2 fully saturated rings. The molecule has 2 heterocycles. The molecule has 0 bridgehead atoms. The van der Waals surface area contributed by atoms with Gasteiger partial charge in [-0.25, -0.2) is 0 Å². The number of nitrogen functional groups attached to an aromatic ring is 1. The van der Waals surface area contributed by atoms with Crippen LogP contribution in [0.5, 0.6) is 5.75 Å². The van der Waals surface area contributed by atoms with E-state index in [1.165, 1.54) is 20.0 Å². The summed E-state index contributed by atoms with van der Waals surface area (Å²) in [5.41, 5.74) is 6.60. The van der Waals surface area contributed by atoms with Gasteiger partial charge < -0.3 is 30.3 Å². The molecule has 190 valence electrons. The first kappa shape index (κ1) is 27.0. The molecule has 0 radical (unpaired) electrons. The van der Waals surface area contributed by atoms with Crippen LogP contribution in [0.1, 0.15) is 49.9 Å². The molecule has 2 aliphatic heterocycles. The molecular weight excluding hydrogens is 472 g/mol. The Balaban J connectivity index is 1.51. The first-order valence-electron chi connectivity index (χ1n) is 12.2. The van der Waals surface area contributed by atoms with Crippen LogP contribution < -0.4 is 15.8 Å².